The Morgan fingerprint density at radius 1 is 1.42 bits per heavy atom. The van der Waals surface area contributed by atoms with Crippen LogP contribution in [0.1, 0.15) is 15.9 Å². The average molecular weight is 261 g/mol. The lowest BCUT2D eigenvalue weighted by Gasteiger charge is -2.10. The van der Waals surface area contributed by atoms with Crippen LogP contribution in [-0.4, -0.2) is 10.9 Å². The van der Waals surface area contributed by atoms with Crippen LogP contribution < -0.4 is 16.2 Å². The van der Waals surface area contributed by atoms with Crippen molar-refractivity contribution in [3.8, 4) is 11.6 Å². The molecule has 1 aromatic carbocycles. The van der Waals surface area contributed by atoms with Crippen molar-refractivity contribution >= 4 is 11.6 Å². The molecule has 0 aliphatic rings. The van der Waals surface area contributed by atoms with E-state index < -0.39 is 11.7 Å². The van der Waals surface area contributed by atoms with Gasteiger partial charge >= 0.3 is 0 Å². The Morgan fingerprint density at radius 2 is 2.16 bits per heavy atom. The molecular formula is C13H12FN3O2. The number of nitrogen functional groups attached to an aromatic ring is 1. The van der Waals surface area contributed by atoms with Crippen molar-refractivity contribution in [3.05, 3.63) is 47.4 Å². The quantitative estimate of drug-likeness (QED) is 0.884. The number of hydrogen-bond donors (Lipinski definition) is 2. The van der Waals surface area contributed by atoms with Crippen LogP contribution in [0.4, 0.5) is 10.1 Å². The monoisotopic (exact) mass is 261 g/mol. The SMILES string of the molecule is Cc1cc(Oc2cccc(F)c2C(N)=O)ncc1N. The van der Waals surface area contributed by atoms with E-state index in [0.717, 1.165) is 11.6 Å². The zero-order valence-electron chi connectivity index (χ0n) is 10.2. The second-order valence-electron chi connectivity index (χ2n) is 3.96. The Balaban J connectivity index is 2.40. The maximum absolute atomic E-state index is 13.5. The highest BCUT2D eigenvalue weighted by molar-refractivity contribution is 5.96. The Bertz CT molecular complexity index is 644. The van der Waals surface area contributed by atoms with Gasteiger partial charge in [0.15, 0.2) is 0 Å². The number of hydrogen-bond acceptors (Lipinski definition) is 4. The van der Waals surface area contributed by atoms with Crippen molar-refractivity contribution < 1.29 is 13.9 Å². The maximum atomic E-state index is 13.5. The van der Waals surface area contributed by atoms with Gasteiger partial charge in [0.1, 0.15) is 17.1 Å². The van der Waals surface area contributed by atoms with E-state index in [0.29, 0.717) is 5.69 Å². The molecule has 1 heterocycles. The molecule has 5 nitrogen and oxygen atoms in total. The summed E-state index contributed by atoms with van der Waals surface area (Å²) in [7, 11) is 0. The third kappa shape index (κ3) is 2.62. The molecule has 0 spiro atoms. The van der Waals surface area contributed by atoms with Gasteiger partial charge in [0.05, 0.1) is 11.9 Å². The zero-order chi connectivity index (χ0) is 14.0. The lowest BCUT2D eigenvalue weighted by Crippen LogP contribution is -2.14. The highest BCUT2D eigenvalue weighted by atomic mass is 19.1. The first-order valence-corrected chi connectivity index (χ1v) is 5.47. The molecule has 0 bridgehead atoms. The number of aromatic nitrogens is 1. The van der Waals surface area contributed by atoms with Crippen LogP contribution in [0, 0.1) is 12.7 Å². The number of nitrogens with two attached hydrogens (primary N) is 2. The minimum absolute atomic E-state index is 0.0178. The molecule has 0 saturated heterocycles. The molecule has 0 radical (unpaired) electrons. The maximum Gasteiger partial charge on any atom is 0.255 e. The van der Waals surface area contributed by atoms with Crippen LogP contribution in [0.5, 0.6) is 11.6 Å². The van der Waals surface area contributed by atoms with Crippen molar-refractivity contribution in [3.63, 3.8) is 0 Å². The predicted octanol–water partition coefficient (Wildman–Crippen LogP) is 2.00. The summed E-state index contributed by atoms with van der Waals surface area (Å²) in [5, 5.41) is 0. The summed E-state index contributed by atoms with van der Waals surface area (Å²) in [6.07, 6.45) is 1.42. The molecular weight excluding hydrogens is 249 g/mol. The highest BCUT2D eigenvalue weighted by Crippen LogP contribution is 2.27. The number of primary amides is 1. The van der Waals surface area contributed by atoms with Crippen LogP contribution in [0.25, 0.3) is 0 Å². The van der Waals surface area contributed by atoms with Crippen LogP contribution in [0.3, 0.4) is 0 Å². The van der Waals surface area contributed by atoms with Gasteiger partial charge in [-0.05, 0) is 24.6 Å². The number of rotatable bonds is 3. The van der Waals surface area contributed by atoms with E-state index in [2.05, 4.69) is 4.98 Å². The smallest absolute Gasteiger partial charge is 0.255 e. The first-order chi connectivity index (χ1) is 8.99. The standard InChI is InChI=1S/C13H12FN3O2/c1-7-5-11(17-6-9(7)15)19-10-4-2-3-8(14)12(10)13(16)18/h2-6H,15H2,1H3,(H2,16,18). The molecule has 98 valence electrons. The number of benzene rings is 1. The summed E-state index contributed by atoms with van der Waals surface area (Å²) in [6.45, 7) is 1.78. The number of amides is 1. The fourth-order valence-electron chi connectivity index (χ4n) is 1.54. The number of pyridine rings is 1. The molecule has 0 aliphatic heterocycles. The summed E-state index contributed by atoms with van der Waals surface area (Å²) < 4.78 is 18.9. The van der Waals surface area contributed by atoms with E-state index in [9.17, 15) is 9.18 Å². The first-order valence-electron chi connectivity index (χ1n) is 5.47. The Kier molecular flexibility index (Phi) is 3.33. The molecule has 1 amide bonds. The van der Waals surface area contributed by atoms with Gasteiger partial charge in [0, 0.05) is 6.07 Å². The van der Waals surface area contributed by atoms with Crippen molar-refractivity contribution in [2.45, 2.75) is 6.92 Å². The fraction of sp³-hybridized carbons (Fsp3) is 0.0769. The molecule has 1 aromatic heterocycles. The summed E-state index contributed by atoms with van der Waals surface area (Å²) >= 11 is 0. The van der Waals surface area contributed by atoms with Crippen LogP contribution in [0.2, 0.25) is 0 Å². The topological polar surface area (TPSA) is 91.2 Å². The van der Waals surface area contributed by atoms with E-state index in [1.54, 1.807) is 13.0 Å². The summed E-state index contributed by atoms with van der Waals surface area (Å²) in [5.74, 6) is -1.42. The van der Waals surface area contributed by atoms with Crippen LogP contribution in [-0.2, 0) is 0 Å². The molecule has 2 aromatic rings. The minimum Gasteiger partial charge on any atom is -0.438 e. The van der Waals surface area contributed by atoms with Gasteiger partial charge in [-0.1, -0.05) is 6.07 Å². The van der Waals surface area contributed by atoms with E-state index in [1.165, 1.54) is 18.3 Å². The van der Waals surface area contributed by atoms with Crippen LogP contribution in [0.15, 0.2) is 30.5 Å². The Hall–Kier alpha value is -2.63. The van der Waals surface area contributed by atoms with Crippen molar-refractivity contribution in [1.82, 2.24) is 4.98 Å². The van der Waals surface area contributed by atoms with Gasteiger partial charge in [-0.25, -0.2) is 9.37 Å². The van der Waals surface area contributed by atoms with E-state index in [1.807, 2.05) is 0 Å². The average Bonchev–Trinajstić information content (AvgIpc) is 2.33. The van der Waals surface area contributed by atoms with E-state index in [-0.39, 0.29) is 17.2 Å². The van der Waals surface area contributed by atoms with Crippen molar-refractivity contribution in [2.75, 3.05) is 5.73 Å². The summed E-state index contributed by atoms with van der Waals surface area (Å²) in [5.41, 5.74) is 11.7. The van der Waals surface area contributed by atoms with E-state index in [4.69, 9.17) is 16.2 Å². The number of anilines is 1. The van der Waals surface area contributed by atoms with Gasteiger partial charge in [0.2, 0.25) is 5.88 Å². The van der Waals surface area contributed by atoms with Gasteiger partial charge in [0.25, 0.3) is 5.91 Å². The molecule has 0 saturated carbocycles. The molecule has 4 N–H and O–H groups in total. The van der Waals surface area contributed by atoms with Gasteiger partial charge in [-0.2, -0.15) is 0 Å². The molecule has 0 atom stereocenters. The lowest BCUT2D eigenvalue weighted by atomic mass is 10.2. The van der Waals surface area contributed by atoms with Gasteiger partial charge < -0.3 is 16.2 Å². The predicted molar refractivity (Wildman–Crippen MR) is 68.4 cm³/mol. The number of carbonyl (C=O) groups is 1. The molecule has 0 fully saturated rings. The van der Waals surface area contributed by atoms with Gasteiger partial charge in [-0.3, -0.25) is 4.79 Å². The second-order valence-corrected chi connectivity index (χ2v) is 3.96. The molecule has 6 heteroatoms. The fourth-order valence-corrected chi connectivity index (χ4v) is 1.54. The van der Waals surface area contributed by atoms with Crippen molar-refractivity contribution in [2.24, 2.45) is 5.73 Å². The molecule has 0 aliphatic carbocycles. The number of aryl methyl sites for hydroxylation is 1. The van der Waals surface area contributed by atoms with Crippen molar-refractivity contribution in [1.29, 1.82) is 0 Å². The third-order valence-corrected chi connectivity index (χ3v) is 2.56. The summed E-state index contributed by atoms with van der Waals surface area (Å²) in [4.78, 5) is 15.2. The Labute approximate surface area is 109 Å². The molecule has 2 rings (SSSR count). The third-order valence-electron chi connectivity index (χ3n) is 2.56. The largest absolute Gasteiger partial charge is 0.438 e. The Morgan fingerprint density at radius 3 is 2.79 bits per heavy atom. The highest BCUT2D eigenvalue weighted by Gasteiger charge is 2.16. The van der Waals surface area contributed by atoms with Gasteiger partial charge in [-0.15, -0.1) is 0 Å². The second kappa shape index (κ2) is 4.93. The number of carbonyl (C=O) groups excluding carboxylic acids is 1. The van der Waals surface area contributed by atoms with Crippen LogP contribution >= 0.6 is 0 Å². The van der Waals surface area contributed by atoms with E-state index >= 15 is 0 Å². The number of halogens is 1. The molecule has 19 heavy (non-hydrogen) atoms. The zero-order valence-corrected chi connectivity index (χ0v) is 10.2. The number of nitrogens with zero attached hydrogens (tertiary/aromatic N) is 1. The first kappa shape index (κ1) is 12.8. The number of ether oxygens (including phenoxy) is 1. The molecule has 0 unspecified atom stereocenters. The normalized spacial score (nSPS) is 10.2. The minimum atomic E-state index is -0.903. The summed E-state index contributed by atoms with van der Waals surface area (Å²) in [6, 6.07) is 5.58. The lowest BCUT2D eigenvalue weighted by molar-refractivity contribution is 0.0994.